The highest BCUT2D eigenvalue weighted by molar-refractivity contribution is 6.22. The third kappa shape index (κ3) is 0.534. The molecule has 5 nitrogen and oxygen atoms in total. The molecule has 0 aromatic carbocycles. The van der Waals surface area contributed by atoms with Crippen LogP contribution < -0.4 is 0 Å². The van der Waals surface area contributed by atoms with Gasteiger partial charge < -0.3 is 10.4 Å². The van der Waals surface area contributed by atoms with E-state index in [1.807, 2.05) is 0 Å². The first kappa shape index (κ1) is 4.76. The van der Waals surface area contributed by atoms with Gasteiger partial charge >= 0.3 is 18.5 Å². The summed E-state index contributed by atoms with van der Waals surface area (Å²) in [6.45, 7) is 0. The normalized spacial score (nSPS) is 18.2. The van der Waals surface area contributed by atoms with Crippen LogP contribution in [0.4, 0.5) is 0 Å². The van der Waals surface area contributed by atoms with Crippen LogP contribution in [0.15, 0.2) is 0 Å². The minimum atomic E-state index is -0.833. The standard InChI is InChI=1S/C3H2N2O3/c6-3-1-4(7)2-5(3)8/h1-2H. The van der Waals surface area contributed by atoms with E-state index in [1.165, 1.54) is 0 Å². The van der Waals surface area contributed by atoms with Gasteiger partial charge in [0, 0.05) is 0 Å². The zero-order valence-corrected chi connectivity index (χ0v) is 3.77. The van der Waals surface area contributed by atoms with E-state index >= 15 is 0 Å². The predicted molar refractivity (Wildman–Crippen MR) is 24.4 cm³/mol. The van der Waals surface area contributed by atoms with Crippen LogP contribution in [-0.2, 0) is 4.79 Å². The number of nitrogens with zero attached hydrogens (tertiary/aromatic N) is 2. The summed E-state index contributed by atoms with van der Waals surface area (Å²) in [7, 11) is 0. The number of carbonyl (C=O) groups excluding carboxylic acids is 1. The second-order valence-electron chi connectivity index (χ2n) is 1.27. The molecule has 1 aliphatic rings. The van der Waals surface area contributed by atoms with E-state index in [0.717, 1.165) is 0 Å². The Morgan fingerprint density at radius 3 is 2.25 bits per heavy atom. The Morgan fingerprint density at radius 1 is 1.50 bits per heavy atom. The molecule has 1 amide bonds. The molecule has 1 heterocycles. The minimum absolute atomic E-state index is 0.0347. The number of hydrogen-bond acceptors (Lipinski definition) is 3. The molecular formula is C3H2N2O3. The Balaban J connectivity index is 2.95. The smallest absolute Gasteiger partial charge is 0.493 e. The molecule has 8 heavy (non-hydrogen) atoms. The van der Waals surface area contributed by atoms with Gasteiger partial charge in [-0.1, -0.05) is 4.74 Å². The van der Waals surface area contributed by atoms with Crippen molar-refractivity contribution in [3.63, 3.8) is 0 Å². The van der Waals surface area contributed by atoms with Crippen molar-refractivity contribution in [1.29, 1.82) is 0 Å². The lowest BCUT2D eigenvalue weighted by atomic mass is 10.7. The fourth-order valence-corrected chi connectivity index (χ4v) is 0.359. The quantitative estimate of drug-likeness (QED) is 0.288. The molecule has 0 spiro atoms. The van der Waals surface area contributed by atoms with Crippen molar-refractivity contribution in [1.82, 2.24) is 0 Å². The molecule has 0 aromatic heterocycles. The van der Waals surface area contributed by atoms with E-state index in [1.54, 1.807) is 0 Å². The average molecular weight is 114 g/mol. The highest BCUT2D eigenvalue weighted by atomic mass is 16.5. The zero-order valence-electron chi connectivity index (χ0n) is 3.77. The Hall–Kier alpha value is -1.39. The number of rotatable bonds is 0. The van der Waals surface area contributed by atoms with E-state index in [9.17, 15) is 15.2 Å². The van der Waals surface area contributed by atoms with Crippen molar-refractivity contribution in [3.8, 4) is 0 Å². The summed E-state index contributed by atoms with van der Waals surface area (Å²) >= 11 is 0. The molecule has 5 heteroatoms. The monoisotopic (exact) mass is 114 g/mol. The molecule has 0 bridgehead atoms. The summed E-state index contributed by atoms with van der Waals surface area (Å²) in [6, 6.07) is 0. The zero-order chi connectivity index (χ0) is 6.15. The van der Waals surface area contributed by atoms with Crippen molar-refractivity contribution in [2.75, 3.05) is 0 Å². The van der Waals surface area contributed by atoms with Gasteiger partial charge in [0.25, 0.3) is 0 Å². The van der Waals surface area contributed by atoms with Gasteiger partial charge in [-0.2, -0.15) is 0 Å². The molecule has 42 valence electrons. The lowest BCUT2D eigenvalue weighted by Gasteiger charge is -1.83. The lowest BCUT2D eigenvalue weighted by Crippen LogP contribution is -2.09. The number of hydrogen-bond donors (Lipinski definition) is 0. The molecule has 0 fully saturated rings. The van der Waals surface area contributed by atoms with Crippen molar-refractivity contribution in [3.05, 3.63) is 10.4 Å². The van der Waals surface area contributed by atoms with Crippen molar-refractivity contribution >= 4 is 18.5 Å². The molecule has 1 rings (SSSR count). The van der Waals surface area contributed by atoms with Crippen LogP contribution in [-0.4, -0.2) is 27.9 Å². The summed E-state index contributed by atoms with van der Waals surface area (Å²) in [5, 5.41) is 20.0. The first-order valence-corrected chi connectivity index (χ1v) is 1.86. The van der Waals surface area contributed by atoms with Gasteiger partial charge in [0.05, 0.1) is 0 Å². The third-order valence-electron chi connectivity index (χ3n) is 0.674. The Labute approximate surface area is 44.3 Å². The Bertz CT molecular complexity index is 190. The molecule has 0 aliphatic carbocycles. The summed E-state index contributed by atoms with van der Waals surface area (Å²) in [5.74, 6) is -0.833. The Kier molecular flexibility index (Phi) is 0.768. The predicted octanol–water partition coefficient (Wildman–Crippen LogP) is -1.35. The SMILES string of the molecule is O=C1C=[N+]([O-])C=[N+]1[O-]. The van der Waals surface area contributed by atoms with E-state index in [2.05, 4.69) is 0 Å². The third-order valence-corrected chi connectivity index (χ3v) is 0.674. The van der Waals surface area contributed by atoms with Crippen LogP contribution in [0.3, 0.4) is 0 Å². The topological polar surface area (TPSA) is 69.2 Å². The summed E-state index contributed by atoms with van der Waals surface area (Å²) in [4.78, 5) is 10.1. The molecule has 1 aliphatic heterocycles. The molecule has 0 atom stereocenters. The molecule has 0 N–H and O–H groups in total. The molecular weight excluding hydrogens is 112 g/mol. The van der Waals surface area contributed by atoms with E-state index in [-0.39, 0.29) is 9.48 Å². The van der Waals surface area contributed by atoms with E-state index in [0.29, 0.717) is 12.6 Å². The molecule has 0 radical (unpaired) electrons. The van der Waals surface area contributed by atoms with Gasteiger partial charge in [0.2, 0.25) is 0 Å². The number of hydroxylamine groups is 2. The number of amides is 1. The fraction of sp³-hybridized carbons (Fsp3) is 0. The highest BCUT2D eigenvalue weighted by Gasteiger charge is 2.21. The van der Waals surface area contributed by atoms with Crippen LogP contribution in [0.5, 0.6) is 0 Å². The maximum atomic E-state index is 10.1. The van der Waals surface area contributed by atoms with Gasteiger partial charge in [0.15, 0.2) is 0 Å². The molecule has 0 saturated heterocycles. The Morgan fingerprint density at radius 2 is 2.12 bits per heavy atom. The van der Waals surface area contributed by atoms with Crippen molar-refractivity contribution < 1.29 is 14.3 Å². The van der Waals surface area contributed by atoms with E-state index in [4.69, 9.17) is 0 Å². The first-order valence-electron chi connectivity index (χ1n) is 1.86. The fourth-order valence-electron chi connectivity index (χ4n) is 0.359. The van der Waals surface area contributed by atoms with Gasteiger partial charge in [-0.3, -0.25) is 0 Å². The van der Waals surface area contributed by atoms with Crippen LogP contribution in [0.25, 0.3) is 0 Å². The lowest BCUT2D eigenvalue weighted by molar-refractivity contribution is -0.416. The van der Waals surface area contributed by atoms with Gasteiger partial charge in [-0.25, -0.2) is 4.79 Å². The van der Waals surface area contributed by atoms with Gasteiger partial charge in [-0.05, 0) is 0 Å². The van der Waals surface area contributed by atoms with Crippen LogP contribution in [0, 0.1) is 10.4 Å². The van der Waals surface area contributed by atoms with Crippen molar-refractivity contribution in [2.24, 2.45) is 0 Å². The largest absolute Gasteiger partial charge is 0.614 e. The molecule has 0 unspecified atom stereocenters. The van der Waals surface area contributed by atoms with Gasteiger partial charge in [-0.15, -0.1) is 4.74 Å². The van der Waals surface area contributed by atoms with Crippen LogP contribution >= 0.6 is 0 Å². The minimum Gasteiger partial charge on any atom is -0.614 e. The maximum Gasteiger partial charge on any atom is 0.493 e. The maximum absolute atomic E-state index is 10.1. The molecule has 0 aromatic rings. The second-order valence-corrected chi connectivity index (χ2v) is 1.27. The second kappa shape index (κ2) is 1.29. The van der Waals surface area contributed by atoms with E-state index < -0.39 is 5.91 Å². The van der Waals surface area contributed by atoms with Crippen LogP contribution in [0.2, 0.25) is 0 Å². The highest BCUT2D eigenvalue weighted by Crippen LogP contribution is 1.78. The number of carbonyl (C=O) groups is 1. The first-order chi connectivity index (χ1) is 3.70. The summed E-state index contributed by atoms with van der Waals surface area (Å²) < 4.78 is 0.127. The summed E-state index contributed by atoms with van der Waals surface area (Å²) in [5.41, 5.74) is 0. The molecule has 0 saturated carbocycles. The average Bonchev–Trinajstić information content (AvgIpc) is 1.85. The van der Waals surface area contributed by atoms with Gasteiger partial charge in [0.1, 0.15) is 0 Å². The van der Waals surface area contributed by atoms with Crippen molar-refractivity contribution in [2.45, 2.75) is 0 Å². The summed E-state index contributed by atoms with van der Waals surface area (Å²) in [6.07, 6.45) is 1.27. The van der Waals surface area contributed by atoms with Crippen LogP contribution in [0.1, 0.15) is 0 Å².